The van der Waals surface area contributed by atoms with Crippen LogP contribution in [0.25, 0.3) is 0 Å². The second kappa shape index (κ2) is 7.76. The van der Waals surface area contributed by atoms with Crippen LogP contribution in [-0.4, -0.2) is 37.1 Å². The molecule has 0 unspecified atom stereocenters. The van der Waals surface area contributed by atoms with E-state index < -0.39 is 10.8 Å². The molecule has 2 N–H and O–H groups in total. The predicted octanol–water partition coefficient (Wildman–Crippen LogP) is 2.67. The predicted molar refractivity (Wildman–Crippen MR) is 89.5 cm³/mol. The Labute approximate surface area is 134 Å². The number of amides is 2. The van der Waals surface area contributed by atoms with Gasteiger partial charge in [0.2, 0.25) is 0 Å². The summed E-state index contributed by atoms with van der Waals surface area (Å²) in [6.07, 6.45) is 7.25. The van der Waals surface area contributed by atoms with E-state index in [1.807, 2.05) is 27.0 Å². The van der Waals surface area contributed by atoms with Crippen LogP contribution in [0.15, 0.2) is 12.4 Å². The molecule has 0 spiro atoms. The Morgan fingerprint density at radius 3 is 2.91 bits per heavy atom. The zero-order chi connectivity index (χ0) is 16.1. The van der Waals surface area contributed by atoms with Gasteiger partial charge < -0.3 is 10.6 Å². The van der Waals surface area contributed by atoms with Crippen molar-refractivity contribution < 1.29 is 9.00 Å². The number of hydrogen-bond donors (Lipinski definition) is 2. The van der Waals surface area contributed by atoms with Crippen LogP contribution in [0.3, 0.4) is 0 Å². The highest BCUT2D eigenvalue weighted by Gasteiger charge is 2.26. The van der Waals surface area contributed by atoms with Crippen molar-refractivity contribution in [2.45, 2.75) is 63.8 Å². The number of aromatic nitrogens is 2. The molecule has 0 radical (unpaired) electrons. The van der Waals surface area contributed by atoms with Crippen LogP contribution >= 0.6 is 0 Å². The monoisotopic (exact) mass is 326 g/mol. The first-order chi connectivity index (χ1) is 10.5. The maximum absolute atomic E-state index is 12.1. The molecule has 0 aromatic carbocycles. The molecule has 1 aromatic rings. The van der Waals surface area contributed by atoms with Crippen molar-refractivity contribution in [1.82, 2.24) is 15.1 Å². The summed E-state index contributed by atoms with van der Waals surface area (Å²) in [5, 5.41) is 10.2. The maximum Gasteiger partial charge on any atom is 0.319 e. The number of carbonyl (C=O) groups is 1. The van der Waals surface area contributed by atoms with Crippen molar-refractivity contribution >= 4 is 22.5 Å². The van der Waals surface area contributed by atoms with E-state index in [4.69, 9.17) is 0 Å². The Morgan fingerprint density at radius 2 is 2.27 bits per heavy atom. The Morgan fingerprint density at radius 1 is 1.50 bits per heavy atom. The highest BCUT2D eigenvalue weighted by molar-refractivity contribution is 7.85. The molecule has 1 aliphatic carbocycles. The summed E-state index contributed by atoms with van der Waals surface area (Å²) < 4.78 is 13.7. The Kier molecular flexibility index (Phi) is 5.99. The van der Waals surface area contributed by atoms with Gasteiger partial charge in [0.15, 0.2) is 0 Å². The minimum atomic E-state index is -0.774. The Balaban J connectivity index is 1.84. The minimum Gasteiger partial charge on any atom is -0.335 e. The number of nitrogens with one attached hydrogen (secondary N) is 2. The molecule has 1 saturated carbocycles. The summed E-state index contributed by atoms with van der Waals surface area (Å²) in [7, 11) is -0.774. The van der Waals surface area contributed by atoms with Crippen LogP contribution in [0.4, 0.5) is 10.5 Å². The van der Waals surface area contributed by atoms with Crippen molar-refractivity contribution in [2.24, 2.45) is 0 Å². The molecule has 0 bridgehead atoms. The largest absolute Gasteiger partial charge is 0.335 e. The summed E-state index contributed by atoms with van der Waals surface area (Å²) in [4.78, 5) is 12.1. The van der Waals surface area contributed by atoms with E-state index in [9.17, 15) is 9.00 Å². The number of anilines is 1. The lowest BCUT2D eigenvalue weighted by atomic mass is 9.95. The number of carbonyl (C=O) groups excluding carboxylic acids is 1. The van der Waals surface area contributed by atoms with E-state index in [0.717, 1.165) is 25.7 Å². The molecule has 124 valence electrons. The lowest BCUT2D eigenvalue weighted by Gasteiger charge is -2.29. The Hall–Kier alpha value is -1.37. The number of hydrogen-bond acceptors (Lipinski definition) is 3. The van der Waals surface area contributed by atoms with Crippen LogP contribution in [0.2, 0.25) is 0 Å². The van der Waals surface area contributed by atoms with E-state index in [1.165, 1.54) is 0 Å². The van der Waals surface area contributed by atoms with Crippen LogP contribution in [0.1, 0.15) is 52.5 Å². The van der Waals surface area contributed by atoms with Crippen molar-refractivity contribution in [3.8, 4) is 0 Å². The molecule has 7 heteroatoms. The first-order valence-electron chi connectivity index (χ1n) is 7.98. The van der Waals surface area contributed by atoms with Crippen molar-refractivity contribution in [2.75, 3.05) is 11.1 Å². The highest BCUT2D eigenvalue weighted by atomic mass is 32.2. The average molecular weight is 326 g/mol. The molecule has 2 rings (SSSR count). The van der Waals surface area contributed by atoms with Gasteiger partial charge in [-0.15, -0.1) is 0 Å². The van der Waals surface area contributed by atoms with Crippen LogP contribution < -0.4 is 10.6 Å². The summed E-state index contributed by atoms with van der Waals surface area (Å²) in [6.45, 7) is 6.02. The van der Waals surface area contributed by atoms with E-state index in [-0.39, 0.29) is 23.4 Å². The molecule has 0 aliphatic heterocycles. The lowest BCUT2D eigenvalue weighted by Crippen LogP contribution is -2.42. The fraction of sp³-hybridized carbons (Fsp3) is 0.733. The maximum atomic E-state index is 12.1. The normalized spacial score (nSPS) is 23.3. The fourth-order valence-electron chi connectivity index (χ4n) is 2.79. The SMILES string of the molecule is CC[S@](=O)[C@H]1CCC[C@@H](NC(=O)Nc2cnn(C(C)C)c2)C1. The summed E-state index contributed by atoms with van der Waals surface area (Å²) in [5.41, 5.74) is 0.690. The smallest absolute Gasteiger partial charge is 0.319 e. The van der Waals surface area contributed by atoms with Crippen LogP contribution in [0.5, 0.6) is 0 Å². The van der Waals surface area contributed by atoms with Crippen molar-refractivity contribution in [3.63, 3.8) is 0 Å². The molecule has 1 fully saturated rings. The van der Waals surface area contributed by atoms with Gasteiger partial charge in [-0.2, -0.15) is 5.10 Å². The first kappa shape index (κ1) is 17.0. The molecule has 0 saturated heterocycles. The van der Waals surface area contributed by atoms with E-state index in [1.54, 1.807) is 10.9 Å². The van der Waals surface area contributed by atoms with E-state index >= 15 is 0 Å². The van der Waals surface area contributed by atoms with Gasteiger partial charge in [0.05, 0.1) is 11.9 Å². The number of rotatable bonds is 5. The zero-order valence-electron chi connectivity index (χ0n) is 13.5. The summed E-state index contributed by atoms with van der Waals surface area (Å²) in [5.74, 6) is 0.692. The highest BCUT2D eigenvalue weighted by Crippen LogP contribution is 2.23. The lowest BCUT2D eigenvalue weighted by molar-refractivity contribution is 0.244. The molecule has 2 amide bonds. The standard InChI is InChI=1S/C15H26N4O2S/c1-4-22(21)14-7-5-6-12(8-14)17-15(20)18-13-9-16-19(10-13)11(2)3/h9-12,14H,4-8H2,1-3H3,(H2,17,18,20)/t12-,14+,22+/m1/s1. The Bertz CT molecular complexity index is 529. The molecule has 3 atom stereocenters. The molecule has 1 heterocycles. The van der Waals surface area contributed by atoms with E-state index in [2.05, 4.69) is 15.7 Å². The molecule has 6 nitrogen and oxygen atoms in total. The van der Waals surface area contributed by atoms with Gasteiger partial charge >= 0.3 is 6.03 Å². The fourth-order valence-corrected chi connectivity index (χ4v) is 4.14. The van der Waals surface area contributed by atoms with Crippen molar-refractivity contribution in [1.29, 1.82) is 0 Å². The third kappa shape index (κ3) is 4.56. The van der Waals surface area contributed by atoms with Gasteiger partial charge in [-0.05, 0) is 33.1 Å². The molecular formula is C15H26N4O2S. The van der Waals surface area contributed by atoms with Crippen LogP contribution in [0, 0.1) is 0 Å². The molecule has 1 aromatic heterocycles. The van der Waals surface area contributed by atoms with Gasteiger partial charge in [0, 0.05) is 40.1 Å². The average Bonchev–Trinajstić information content (AvgIpc) is 2.95. The third-order valence-corrected chi connectivity index (χ3v) is 5.75. The van der Waals surface area contributed by atoms with Gasteiger partial charge in [0.25, 0.3) is 0 Å². The molecule has 22 heavy (non-hydrogen) atoms. The third-order valence-electron chi connectivity index (χ3n) is 4.01. The van der Waals surface area contributed by atoms with Gasteiger partial charge in [-0.3, -0.25) is 8.89 Å². The topological polar surface area (TPSA) is 76.0 Å². The second-order valence-corrected chi connectivity index (χ2v) is 8.06. The summed E-state index contributed by atoms with van der Waals surface area (Å²) in [6, 6.07) is 0.160. The number of urea groups is 1. The zero-order valence-corrected chi connectivity index (χ0v) is 14.4. The van der Waals surface area contributed by atoms with Crippen molar-refractivity contribution in [3.05, 3.63) is 12.4 Å². The first-order valence-corrected chi connectivity index (χ1v) is 9.36. The minimum absolute atomic E-state index is 0.106. The number of nitrogens with zero attached hydrogens (tertiary/aromatic N) is 2. The van der Waals surface area contributed by atoms with Gasteiger partial charge in [0.1, 0.15) is 0 Å². The van der Waals surface area contributed by atoms with E-state index in [0.29, 0.717) is 11.4 Å². The van der Waals surface area contributed by atoms with Crippen LogP contribution in [-0.2, 0) is 10.8 Å². The second-order valence-electron chi connectivity index (χ2n) is 6.06. The quantitative estimate of drug-likeness (QED) is 0.873. The van der Waals surface area contributed by atoms with Gasteiger partial charge in [-0.1, -0.05) is 13.3 Å². The summed E-state index contributed by atoms with van der Waals surface area (Å²) >= 11 is 0. The molecule has 1 aliphatic rings. The molecular weight excluding hydrogens is 300 g/mol. The van der Waals surface area contributed by atoms with Gasteiger partial charge in [-0.25, -0.2) is 4.79 Å².